The second-order valence-electron chi connectivity index (χ2n) is 8.61. The second-order valence-corrected chi connectivity index (χ2v) is 8.61. The molecule has 190 valence electrons. The maximum Gasteiger partial charge on any atom is 0.338 e. The SMILES string of the molecule is COC(=O)c1ccccc1Cn1cc(NC(=O)c2ccc(OC)c(COc3cc(C)ccc3C)c2)cn1. The van der Waals surface area contributed by atoms with E-state index < -0.39 is 5.97 Å². The molecule has 1 N–H and O–H groups in total. The molecule has 0 aliphatic carbocycles. The Morgan fingerprint density at radius 1 is 0.946 bits per heavy atom. The molecule has 0 saturated carbocycles. The minimum absolute atomic E-state index is 0.256. The molecule has 4 rings (SSSR count). The quantitative estimate of drug-likeness (QED) is 0.319. The maximum absolute atomic E-state index is 13.0. The van der Waals surface area contributed by atoms with Gasteiger partial charge in [0.05, 0.1) is 38.2 Å². The molecule has 0 aliphatic rings. The Morgan fingerprint density at radius 2 is 1.76 bits per heavy atom. The number of aromatic nitrogens is 2. The summed E-state index contributed by atoms with van der Waals surface area (Å²) in [6.07, 6.45) is 3.27. The molecule has 37 heavy (non-hydrogen) atoms. The van der Waals surface area contributed by atoms with Crippen LogP contribution in [0.2, 0.25) is 0 Å². The molecule has 0 radical (unpaired) electrons. The summed E-state index contributed by atoms with van der Waals surface area (Å²) in [6, 6.07) is 18.4. The summed E-state index contributed by atoms with van der Waals surface area (Å²) < 4.78 is 18.0. The van der Waals surface area contributed by atoms with E-state index in [0.717, 1.165) is 28.0 Å². The summed E-state index contributed by atoms with van der Waals surface area (Å²) in [7, 11) is 2.93. The molecule has 0 bridgehead atoms. The molecule has 8 nitrogen and oxygen atoms in total. The van der Waals surface area contributed by atoms with Crippen LogP contribution in [0.1, 0.15) is 43.0 Å². The number of carbonyl (C=O) groups excluding carboxylic acids is 2. The molecule has 0 spiro atoms. The van der Waals surface area contributed by atoms with Crippen molar-refractivity contribution < 1.29 is 23.8 Å². The van der Waals surface area contributed by atoms with Crippen LogP contribution in [0.3, 0.4) is 0 Å². The van der Waals surface area contributed by atoms with Crippen molar-refractivity contribution in [3.8, 4) is 11.5 Å². The molecular weight excluding hydrogens is 470 g/mol. The number of anilines is 1. The minimum Gasteiger partial charge on any atom is -0.496 e. The zero-order valence-electron chi connectivity index (χ0n) is 21.3. The average molecular weight is 500 g/mol. The standard InChI is InChI=1S/C29H29N3O5/c1-19-9-10-20(2)27(13-19)37-18-23-14-21(11-12-26(23)35-3)28(33)31-24-15-30-32(17-24)16-22-7-5-6-8-25(22)29(34)36-4/h5-15,17H,16,18H2,1-4H3,(H,31,33). The number of rotatable bonds is 9. The van der Waals surface area contributed by atoms with E-state index in [9.17, 15) is 9.59 Å². The zero-order valence-corrected chi connectivity index (χ0v) is 21.3. The van der Waals surface area contributed by atoms with Crippen molar-refractivity contribution in [1.29, 1.82) is 0 Å². The fourth-order valence-electron chi connectivity index (χ4n) is 3.91. The normalized spacial score (nSPS) is 10.6. The Kier molecular flexibility index (Phi) is 7.88. The number of benzene rings is 3. The summed E-state index contributed by atoms with van der Waals surface area (Å²) >= 11 is 0. The fraction of sp³-hybridized carbons (Fsp3) is 0.207. The first kappa shape index (κ1) is 25.5. The van der Waals surface area contributed by atoms with Gasteiger partial charge in [-0.15, -0.1) is 0 Å². The van der Waals surface area contributed by atoms with Crippen LogP contribution in [0.4, 0.5) is 5.69 Å². The highest BCUT2D eigenvalue weighted by Crippen LogP contribution is 2.25. The van der Waals surface area contributed by atoms with E-state index in [1.54, 1.807) is 54.5 Å². The van der Waals surface area contributed by atoms with Crippen LogP contribution in [-0.2, 0) is 17.9 Å². The number of hydrogen-bond donors (Lipinski definition) is 1. The van der Waals surface area contributed by atoms with Crippen molar-refractivity contribution in [1.82, 2.24) is 9.78 Å². The molecule has 0 atom stereocenters. The summed E-state index contributed by atoms with van der Waals surface area (Å²) in [6.45, 7) is 4.61. The van der Waals surface area contributed by atoms with Crippen LogP contribution in [0.25, 0.3) is 0 Å². The van der Waals surface area contributed by atoms with E-state index in [-0.39, 0.29) is 12.5 Å². The van der Waals surface area contributed by atoms with E-state index in [4.69, 9.17) is 14.2 Å². The number of carbonyl (C=O) groups is 2. The van der Waals surface area contributed by atoms with E-state index in [1.807, 2.05) is 44.2 Å². The van der Waals surface area contributed by atoms with Crippen molar-refractivity contribution in [2.45, 2.75) is 27.0 Å². The van der Waals surface area contributed by atoms with Crippen LogP contribution in [0, 0.1) is 13.8 Å². The number of aryl methyl sites for hydroxylation is 2. The highest BCUT2D eigenvalue weighted by Gasteiger charge is 2.14. The third kappa shape index (κ3) is 6.16. The van der Waals surface area contributed by atoms with E-state index in [1.165, 1.54) is 7.11 Å². The number of nitrogens with one attached hydrogen (secondary N) is 1. The molecule has 1 aromatic heterocycles. The number of nitrogens with zero attached hydrogens (tertiary/aromatic N) is 2. The van der Waals surface area contributed by atoms with Crippen molar-refractivity contribution in [2.24, 2.45) is 0 Å². The Morgan fingerprint density at radius 3 is 2.54 bits per heavy atom. The van der Waals surface area contributed by atoms with E-state index in [2.05, 4.69) is 10.4 Å². The summed E-state index contributed by atoms with van der Waals surface area (Å²) in [5.74, 6) is 0.732. The summed E-state index contributed by atoms with van der Waals surface area (Å²) in [5, 5.41) is 7.19. The lowest BCUT2D eigenvalue weighted by Crippen LogP contribution is -2.13. The van der Waals surface area contributed by atoms with Gasteiger partial charge in [0.1, 0.15) is 18.1 Å². The molecule has 0 fully saturated rings. The van der Waals surface area contributed by atoms with Gasteiger partial charge in [-0.2, -0.15) is 5.10 Å². The van der Waals surface area contributed by atoms with Crippen LogP contribution in [0.15, 0.2) is 73.1 Å². The first-order valence-electron chi connectivity index (χ1n) is 11.7. The number of hydrogen-bond acceptors (Lipinski definition) is 6. The van der Waals surface area contributed by atoms with Crippen molar-refractivity contribution in [2.75, 3.05) is 19.5 Å². The zero-order chi connectivity index (χ0) is 26.4. The molecule has 8 heteroatoms. The molecule has 4 aromatic rings. The third-order valence-electron chi connectivity index (χ3n) is 5.92. The lowest BCUT2D eigenvalue weighted by molar-refractivity contribution is 0.0599. The molecule has 1 heterocycles. The largest absolute Gasteiger partial charge is 0.496 e. The predicted octanol–water partition coefficient (Wildman–Crippen LogP) is 5.17. The lowest BCUT2D eigenvalue weighted by Gasteiger charge is -2.14. The highest BCUT2D eigenvalue weighted by molar-refractivity contribution is 6.04. The highest BCUT2D eigenvalue weighted by atomic mass is 16.5. The number of amides is 1. The van der Waals surface area contributed by atoms with Crippen molar-refractivity contribution in [3.05, 3.63) is 106 Å². The maximum atomic E-state index is 13.0. The first-order chi connectivity index (χ1) is 17.9. The lowest BCUT2D eigenvalue weighted by atomic mass is 10.1. The smallest absolute Gasteiger partial charge is 0.338 e. The van der Waals surface area contributed by atoms with Gasteiger partial charge in [0, 0.05) is 17.3 Å². The Labute approximate surface area is 215 Å². The second kappa shape index (κ2) is 11.4. The van der Waals surface area contributed by atoms with Gasteiger partial charge >= 0.3 is 5.97 Å². The van der Waals surface area contributed by atoms with Crippen LogP contribution >= 0.6 is 0 Å². The fourth-order valence-corrected chi connectivity index (χ4v) is 3.91. The van der Waals surface area contributed by atoms with Gasteiger partial charge in [0.2, 0.25) is 0 Å². The average Bonchev–Trinajstić information content (AvgIpc) is 3.35. The van der Waals surface area contributed by atoms with Crippen molar-refractivity contribution >= 4 is 17.6 Å². The number of esters is 1. The molecule has 3 aromatic carbocycles. The minimum atomic E-state index is -0.409. The monoisotopic (exact) mass is 499 g/mol. The third-order valence-corrected chi connectivity index (χ3v) is 5.92. The molecule has 0 unspecified atom stereocenters. The van der Waals surface area contributed by atoms with Gasteiger partial charge in [0.25, 0.3) is 5.91 Å². The summed E-state index contributed by atoms with van der Waals surface area (Å²) in [5.41, 5.74) is 5.12. The first-order valence-corrected chi connectivity index (χ1v) is 11.7. The summed E-state index contributed by atoms with van der Waals surface area (Å²) in [4.78, 5) is 25.0. The van der Waals surface area contributed by atoms with Gasteiger partial charge in [-0.05, 0) is 60.9 Å². The number of ether oxygens (including phenoxy) is 3. The van der Waals surface area contributed by atoms with E-state index >= 15 is 0 Å². The van der Waals surface area contributed by atoms with Crippen LogP contribution in [-0.4, -0.2) is 35.9 Å². The van der Waals surface area contributed by atoms with Crippen LogP contribution in [0.5, 0.6) is 11.5 Å². The molecule has 0 saturated heterocycles. The van der Waals surface area contributed by atoms with Crippen LogP contribution < -0.4 is 14.8 Å². The van der Waals surface area contributed by atoms with Crippen molar-refractivity contribution in [3.63, 3.8) is 0 Å². The Balaban J connectivity index is 1.46. The predicted molar refractivity (Wildman–Crippen MR) is 140 cm³/mol. The molecule has 0 aliphatic heterocycles. The van der Waals surface area contributed by atoms with Gasteiger partial charge in [-0.1, -0.05) is 30.3 Å². The van der Waals surface area contributed by atoms with Gasteiger partial charge < -0.3 is 19.5 Å². The van der Waals surface area contributed by atoms with Gasteiger partial charge in [-0.3, -0.25) is 9.48 Å². The Hall–Kier alpha value is -4.59. The topological polar surface area (TPSA) is 91.7 Å². The molecular formula is C29H29N3O5. The van der Waals surface area contributed by atoms with Gasteiger partial charge in [-0.25, -0.2) is 4.79 Å². The molecule has 1 amide bonds. The Bertz CT molecular complexity index is 1430. The number of methoxy groups -OCH3 is 2. The van der Waals surface area contributed by atoms with Gasteiger partial charge in [0.15, 0.2) is 0 Å². The van der Waals surface area contributed by atoms with E-state index in [0.29, 0.717) is 29.1 Å².